The summed E-state index contributed by atoms with van der Waals surface area (Å²) in [5, 5.41) is 3.71. The number of hydrogen-bond donors (Lipinski definition) is 1. The van der Waals surface area contributed by atoms with Gasteiger partial charge in [-0.3, -0.25) is 9.88 Å². The second kappa shape index (κ2) is 9.46. The Morgan fingerprint density at radius 1 is 0.966 bits per heavy atom. The van der Waals surface area contributed by atoms with Crippen molar-refractivity contribution in [2.45, 2.75) is 25.8 Å². The van der Waals surface area contributed by atoms with Crippen LogP contribution in [-0.2, 0) is 6.54 Å². The Morgan fingerprint density at radius 2 is 1.69 bits per heavy atom. The monoisotopic (exact) mass is 413 g/mol. The third kappa shape index (κ3) is 5.19. The number of amides is 2. The van der Waals surface area contributed by atoms with Crippen LogP contribution in [0.3, 0.4) is 0 Å². The van der Waals surface area contributed by atoms with E-state index in [4.69, 9.17) is 11.6 Å². The summed E-state index contributed by atoms with van der Waals surface area (Å²) < 4.78 is 0. The molecule has 0 spiro atoms. The number of piperidine rings is 1. The number of carbonyl (C=O) groups is 1. The Hall–Kier alpha value is -2.31. The zero-order valence-corrected chi connectivity index (χ0v) is 17.4. The minimum absolute atomic E-state index is 0.0599. The molecule has 29 heavy (non-hydrogen) atoms. The van der Waals surface area contributed by atoms with E-state index in [0.717, 1.165) is 57.2 Å². The van der Waals surface area contributed by atoms with Gasteiger partial charge in [0.1, 0.15) is 0 Å². The lowest BCUT2D eigenvalue weighted by molar-refractivity contribution is 0.143. The molecule has 0 aliphatic carbocycles. The summed E-state index contributed by atoms with van der Waals surface area (Å²) in [4.78, 5) is 23.3. The van der Waals surface area contributed by atoms with E-state index in [9.17, 15) is 4.79 Å². The van der Waals surface area contributed by atoms with Crippen molar-refractivity contribution in [3.05, 3.63) is 53.3 Å². The molecule has 3 heterocycles. The second-order valence-electron chi connectivity index (χ2n) is 7.76. The van der Waals surface area contributed by atoms with Crippen LogP contribution in [0.1, 0.15) is 24.8 Å². The van der Waals surface area contributed by atoms with Crippen LogP contribution in [-0.4, -0.2) is 60.1 Å². The van der Waals surface area contributed by atoms with Crippen molar-refractivity contribution >= 4 is 29.0 Å². The van der Waals surface area contributed by atoms with Crippen LogP contribution >= 0.6 is 11.6 Å². The molecule has 0 atom stereocenters. The van der Waals surface area contributed by atoms with Crippen LogP contribution in [0, 0.1) is 0 Å². The molecule has 154 valence electrons. The van der Waals surface area contributed by atoms with Crippen LogP contribution in [0.5, 0.6) is 0 Å². The Bertz CT molecular complexity index is 817. The van der Waals surface area contributed by atoms with Gasteiger partial charge in [0.25, 0.3) is 0 Å². The quantitative estimate of drug-likeness (QED) is 0.820. The molecule has 2 fully saturated rings. The van der Waals surface area contributed by atoms with Gasteiger partial charge in [0.2, 0.25) is 0 Å². The molecule has 2 saturated heterocycles. The minimum atomic E-state index is -0.0599. The number of carbonyl (C=O) groups excluding carboxylic acids is 1. The molecule has 0 bridgehead atoms. The second-order valence-corrected chi connectivity index (χ2v) is 8.17. The Balaban J connectivity index is 1.29. The summed E-state index contributed by atoms with van der Waals surface area (Å²) in [5.41, 5.74) is 3.07. The number of nitrogens with one attached hydrogen (secondary N) is 1. The fourth-order valence-corrected chi connectivity index (χ4v) is 4.33. The Kier molecular flexibility index (Phi) is 6.52. The average Bonchev–Trinajstić information content (AvgIpc) is 2.76. The molecule has 0 radical (unpaired) electrons. The molecular weight excluding hydrogens is 386 g/mol. The van der Waals surface area contributed by atoms with Crippen LogP contribution in [0.4, 0.5) is 16.2 Å². The smallest absolute Gasteiger partial charge is 0.321 e. The van der Waals surface area contributed by atoms with Gasteiger partial charge >= 0.3 is 6.03 Å². The molecule has 1 aromatic carbocycles. The molecular formula is C22H28ClN5O. The van der Waals surface area contributed by atoms with E-state index in [-0.39, 0.29) is 6.03 Å². The number of urea groups is 1. The largest absolute Gasteiger partial charge is 0.370 e. The van der Waals surface area contributed by atoms with Gasteiger partial charge in [0.05, 0.1) is 10.7 Å². The third-order valence-electron chi connectivity index (χ3n) is 5.71. The molecule has 6 nitrogen and oxygen atoms in total. The van der Waals surface area contributed by atoms with Crippen LogP contribution < -0.4 is 10.2 Å². The highest BCUT2D eigenvalue weighted by molar-refractivity contribution is 6.33. The van der Waals surface area contributed by atoms with Crippen molar-refractivity contribution in [2.75, 3.05) is 49.5 Å². The first kappa shape index (κ1) is 20.0. The summed E-state index contributed by atoms with van der Waals surface area (Å²) in [6.45, 7) is 6.16. The van der Waals surface area contributed by atoms with Gasteiger partial charge in [-0.25, -0.2) is 4.79 Å². The Morgan fingerprint density at radius 3 is 2.38 bits per heavy atom. The van der Waals surface area contributed by atoms with Crippen LogP contribution in [0.2, 0.25) is 5.02 Å². The summed E-state index contributed by atoms with van der Waals surface area (Å²) in [7, 11) is 0. The fraction of sp³-hybridized carbons (Fsp3) is 0.455. The summed E-state index contributed by atoms with van der Waals surface area (Å²) in [5.74, 6) is 0. The summed E-state index contributed by atoms with van der Waals surface area (Å²) in [6, 6.07) is 9.86. The zero-order valence-electron chi connectivity index (χ0n) is 16.7. The maximum absolute atomic E-state index is 12.7. The van der Waals surface area contributed by atoms with Gasteiger partial charge < -0.3 is 15.1 Å². The molecule has 1 N–H and O–H groups in total. The third-order valence-corrected chi connectivity index (χ3v) is 6.01. The van der Waals surface area contributed by atoms with Crippen molar-refractivity contribution in [3.8, 4) is 0 Å². The lowest BCUT2D eigenvalue weighted by Crippen LogP contribution is -2.49. The highest BCUT2D eigenvalue weighted by Crippen LogP contribution is 2.31. The lowest BCUT2D eigenvalue weighted by Gasteiger charge is -2.34. The Labute approximate surface area is 177 Å². The predicted octanol–water partition coefficient (Wildman–Crippen LogP) is 4.08. The SMILES string of the molecule is O=C(Nc1ccc(N2CCCCC2)c(Cl)c1)N1CCN(Cc2ccncc2)CC1. The van der Waals surface area contributed by atoms with Crippen molar-refractivity contribution in [1.82, 2.24) is 14.8 Å². The van der Waals surface area contributed by atoms with E-state index >= 15 is 0 Å². The van der Waals surface area contributed by atoms with Gasteiger partial charge in [0.15, 0.2) is 0 Å². The van der Waals surface area contributed by atoms with E-state index in [1.165, 1.54) is 24.8 Å². The molecule has 2 aliphatic heterocycles. The van der Waals surface area contributed by atoms with E-state index < -0.39 is 0 Å². The minimum Gasteiger partial charge on any atom is -0.370 e. The first-order chi connectivity index (χ1) is 14.2. The molecule has 2 aromatic rings. The number of hydrogen-bond acceptors (Lipinski definition) is 4. The van der Waals surface area contributed by atoms with E-state index in [0.29, 0.717) is 5.02 Å². The normalized spacial score (nSPS) is 18.0. The van der Waals surface area contributed by atoms with Crippen LogP contribution in [0.15, 0.2) is 42.7 Å². The van der Waals surface area contributed by atoms with E-state index in [1.54, 1.807) is 0 Å². The van der Waals surface area contributed by atoms with Gasteiger partial charge in [-0.05, 0) is 55.2 Å². The predicted molar refractivity (Wildman–Crippen MR) is 118 cm³/mol. The number of nitrogens with zero attached hydrogens (tertiary/aromatic N) is 4. The number of pyridine rings is 1. The molecule has 0 unspecified atom stereocenters. The van der Waals surface area contributed by atoms with Gasteiger partial charge in [-0.15, -0.1) is 0 Å². The van der Waals surface area contributed by atoms with Crippen molar-refractivity contribution in [2.24, 2.45) is 0 Å². The molecule has 2 amide bonds. The first-order valence-corrected chi connectivity index (χ1v) is 10.8. The lowest BCUT2D eigenvalue weighted by atomic mass is 10.1. The number of benzene rings is 1. The molecule has 7 heteroatoms. The topological polar surface area (TPSA) is 51.7 Å². The van der Waals surface area contributed by atoms with Crippen LogP contribution in [0.25, 0.3) is 0 Å². The number of piperazine rings is 1. The first-order valence-electron chi connectivity index (χ1n) is 10.4. The van der Waals surface area contributed by atoms with Gasteiger partial charge in [-0.1, -0.05) is 11.6 Å². The highest BCUT2D eigenvalue weighted by atomic mass is 35.5. The molecule has 0 saturated carbocycles. The van der Waals surface area contributed by atoms with Gasteiger partial charge in [-0.2, -0.15) is 0 Å². The molecule has 1 aromatic heterocycles. The van der Waals surface area contributed by atoms with E-state index in [2.05, 4.69) is 20.1 Å². The van der Waals surface area contributed by atoms with Crippen molar-refractivity contribution in [1.29, 1.82) is 0 Å². The van der Waals surface area contributed by atoms with Crippen molar-refractivity contribution in [3.63, 3.8) is 0 Å². The number of aromatic nitrogens is 1. The summed E-state index contributed by atoms with van der Waals surface area (Å²) in [6.07, 6.45) is 7.35. The fourth-order valence-electron chi connectivity index (χ4n) is 4.03. The standard InChI is InChI=1S/C22H28ClN5O/c23-20-16-19(4-5-21(20)27-10-2-1-3-11-27)25-22(29)28-14-12-26(13-15-28)17-18-6-8-24-9-7-18/h4-9,16H,1-3,10-15,17H2,(H,25,29). The van der Waals surface area contributed by atoms with Gasteiger partial charge in [0, 0.05) is 63.9 Å². The zero-order chi connectivity index (χ0) is 20.1. The summed E-state index contributed by atoms with van der Waals surface area (Å²) >= 11 is 6.51. The average molecular weight is 414 g/mol. The maximum atomic E-state index is 12.7. The molecule has 4 rings (SSSR count). The maximum Gasteiger partial charge on any atom is 0.321 e. The number of anilines is 2. The number of rotatable bonds is 4. The van der Waals surface area contributed by atoms with E-state index in [1.807, 2.05) is 47.6 Å². The number of halogens is 1. The van der Waals surface area contributed by atoms with Crippen molar-refractivity contribution < 1.29 is 4.79 Å². The molecule has 2 aliphatic rings. The highest BCUT2D eigenvalue weighted by Gasteiger charge is 2.22.